The number of carbonyl (C=O) groups excluding carboxylic acids is 3. The van der Waals surface area contributed by atoms with E-state index in [1.165, 1.54) is 0 Å². The second-order valence-corrected chi connectivity index (χ2v) is 12.1. The maximum Gasteiger partial charge on any atom is 0.309 e. The van der Waals surface area contributed by atoms with Crippen molar-refractivity contribution in [1.82, 2.24) is 0 Å². The molecule has 1 saturated carbocycles. The standard InChI is InChI=1S/C29H46O9/c1-6-29(14-33-26(30)17(2)7-10-22-19(4)36-22,15-34-27(31)18(3)8-11-23-20(5)37-23)16-35-28(32)21-9-12-24-25(13-21)38-24/h17-25H,6-16H2,1-5H3. The highest BCUT2D eigenvalue weighted by Crippen LogP contribution is 2.40. The Labute approximate surface area is 226 Å². The van der Waals surface area contributed by atoms with Gasteiger partial charge in [0.15, 0.2) is 0 Å². The molecule has 38 heavy (non-hydrogen) atoms. The van der Waals surface area contributed by atoms with Crippen LogP contribution in [-0.4, -0.2) is 74.4 Å². The molecule has 0 radical (unpaired) electrons. The average Bonchev–Trinajstić information content (AvgIpc) is 3.84. The molecule has 216 valence electrons. The largest absolute Gasteiger partial charge is 0.465 e. The summed E-state index contributed by atoms with van der Waals surface area (Å²) in [6.45, 7) is 9.75. The minimum Gasteiger partial charge on any atom is -0.465 e. The van der Waals surface area contributed by atoms with Gasteiger partial charge in [0.2, 0.25) is 0 Å². The van der Waals surface area contributed by atoms with Crippen LogP contribution in [-0.2, 0) is 42.8 Å². The number of fused-ring (bicyclic) bond motifs is 1. The van der Waals surface area contributed by atoms with Crippen LogP contribution in [0.5, 0.6) is 0 Å². The summed E-state index contributed by atoms with van der Waals surface area (Å²) in [4.78, 5) is 38.4. The molecular formula is C29H46O9. The number of esters is 3. The van der Waals surface area contributed by atoms with E-state index in [1.807, 2.05) is 34.6 Å². The molecule has 4 rings (SSSR count). The number of epoxide rings is 3. The summed E-state index contributed by atoms with van der Waals surface area (Å²) in [5.41, 5.74) is -0.810. The third kappa shape index (κ3) is 8.15. The van der Waals surface area contributed by atoms with Crippen molar-refractivity contribution in [2.24, 2.45) is 23.2 Å². The smallest absolute Gasteiger partial charge is 0.309 e. The number of ether oxygens (including phenoxy) is 6. The van der Waals surface area contributed by atoms with Crippen molar-refractivity contribution in [3.8, 4) is 0 Å². The van der Waals surface area contributed by atoms with Crippen LogP contribution in [0.4, 0.5) is 0 Å². The molecule has 0 aromatic rings. The predicted molar refractivity (Wildman–Crippen MR) is 137 cm³/mol. The number of carbonyl (C=O) groups is 3. The molecule has 1 aliphatic carbocycles. The van der Waals surface area contributed by atoms with Crippen molar-refractivity contribution in [2.45, 2.75) is 123 Å². The lowest BCUT2D eigenvalue weighted by atomic mass is 9.87. The van der Waals surface area contributed by atoms with E-state index in [9.17, 15) is 14.4 Å². The summed E-state index contributed by atoms with van der Waals surface area (Å²) in [6, 6.07) is 0. The summed E-state index contributed by atoms with van der Waals surface area (Å²) < 4.78 is 33.7. The van der Waals surface area contributed by atoms with Crippen LogP contribution in [0.2, 0.25) is 0 Å². The first-order valence-corrected chi connectivity index (χ1v) is 14.6. The van der Waals surface area contributed by atoms with Crippen LogP contribution < -0.4 is 0 Å². The Morgan fingerprint density at radius 2 is 1.29 bits per heavy atom. The zero-order valence-electron chi connectivity index (χ0n) is 23.6. The van der Waals surface area contributed by atoms with E-state index in [1.54, 1.807) is 0 Å². The Hall–Kier alpha value is -1.71. The maximum atomic E-state index is 12.9. The minimum atomic E-state index is -0.810. The molecule has 9 atom stereocenters. The summed E-state index contributed by atoms with van der Waals surface area (Å²) in [5, 5.41) is 0. The zero-order chi connectivity index (χ0) is 27.4. The first-order chi connectivity index (χ1) is 18.1. The molecule has 0 aromatic heterocycles. The van der Waals surface area contributed by atoms with Gasteiger partial charge in [0.25, 0.3) is 0 Å². The molecule has 0 bridgehead atoms. The second-order valence-electron chi connectivity index (χ2n) is 12.1. The molecule has 0 N–H and O–H groups in total. The van der Waals surface area contributed by atoms with Gasteiger partial charge in [-0.15, -0.1) is 0 Å². The molecule has 0 aromatic carbocycles. The van der Waals surface area contributed by atoms with Crippen LogP contribution in [0.25, 0.3) is 0 Å². The van der Waals surface area contributed by atoms with Crippen molar-refractivity contribution in [3.05, 3.63) is 0 Å². The molecular weight excluding hydrogens is 492 g/mol. The highest BCUT2D eigenvalue weighted by Gasteiger charge is 2.46. The van der Waals surface area contributed by atoms with E-state index in [-0.39, 0.29) is 86.0 Å². The van der Waals surface area contributed by atoms with Crippen molar-refractivity contribution in [2.75, 3.05) is 19.8 Å². The van der Waals surface area contributed by atoms with Gasteiger partial charge in [-0.1, -0.05) is 20.8 Å². The monoisotopic (exact) mass is 538 g/mol. The first-order valence-electron chi connectivity index (χ1n) is 14.6. The van der Waals surface area contributed by atoms with Crippen LogP contribution in [0.3, 0.4) is 0 Å². The predicted octanol–water partition coefficient (Wildman–Crippen LogP) is 3.99. The van der Waals surface area contributed by atoms with Crippen molar-refractivity contribution < 1.29 is 42.8 Å². The Morgan fingerprint density at radius 3 is 1.74 bits per heavy atom. The van der Waals surface area contributed by atoms with Crippen LogP contribution in [0, 0.1) is 23.2 Å². The Morgan fingerprint density at radius 1 is 0.789 bits per heavy atom. The Bertz CT molecular complexity index is 802. The van der Waals surface area contributed by atoms with Crippen LogP contribution in [0.1, 0.15) is 86.0 Å². The molecule has 3 heterocycles. The third-order valence-electron chi connectivity index (χ3n) is 8.90. The Balaban J connectivity index is 1.29. The van der Waals surface area contributed by atoms with Gasteiger partial charge in [0, 0.05) is 0 Å². The van der Waals surface area contributed by atoms with Gasteiger partial charge >= 0.3 is 17.9 Å². The second kappa shape index (κ2) is 12.6. The third-order valence-corrected chi connectivity index (χ3v) is 8.90. The van der Waals surface area contributed by atoms with Gasteiger partial charge < -0.3 is 28.4 Å². The molecule has 4 aliphatic rings. The summed E-state index contributed by atoms with van der Waals surface area (Å²) in [7, 11) is 0. The number of hydrogen-bond acceptors (Lipinski definition) is 9. The normalized spacial score (nSPS) is 34.2. The van der Waals surface area contributed by atoms with Gasteiger partial charge in [0.05, 0.1) is 59.8 Å². The molecule has 3 saturated heterocycles. The van der Waals surface area contributed by atoms with E-state index in [4.69, 9.17) is 28.4 Å². The molecule has 9 unspecified atom stereocenters. The highest BCUT2D eigenvalue weighted by molar-refractivity contribution is 5.73. The van der Waals surface area contributed by atoms with E-state index >= 15 is 0 Å². The molecule has 4 fully saturated rings. The summed E-state index contributed by atoms with van der Waals surface area (Å²) in [5.74, 6) is -1.58. The van der Waals surface area contributed by atoms with Gasteiger partial charge in [-0.3, -0.25) is 14.4 Å². The quantitative estimate of drug-likeness (QED) is 0.163. The van der Waals surface area contributed by atoms with E-state index < -0.39 is 5.41 Å². The molecule has 9 nitrogen and oxygen atoms in total. The van der Waals surface area contributed by atoms with Crippen molar-refractivity contribution in [3.63, 3.8) is 0 Å². The van der Waals surface area contributed by atoms with E-state index in [2.05, 4.69) is 0 Å². The van der Waals surface area contributed by atoms with Crippen LogP contribution in [0.15, 0.2) is 0 Å². The van der Waals surface area contributed by atoms with E-state index in [0.29, 0.717) is 31.8 Å². The lowest BCUT2D eigenvalue weighted by Crippen LogP contribution is -2.41. The van der Waals surface area contributed by atoms with Gasteiger partial charge in [0.1, 0.15) is 19.8 Å². The van der Waals surface area contributed by atoms with E-state index in [0.717, 1.165) is 25.7 Å². The zero-order valence-corrected chi connectivity index (χ0v) is 23.6. The molecule has 0 amide bonds. The fraction of sp³-hybridized carbons (Fsp3) is 0.897. The molecule has 0 spiro atoms. The molecule has 9 heteroatoms. The average molecular weight is 539 g/mol. The fourth-order valence-electron chi connectivity index (χ4n) is 5.25. The lowest BCUT2D eigenvalue weighted by Gasteiger charge is -2.32. The highest BCUT2D eigenvalue weighted by atomic mass is 16.6. The maximum absolute atomic E-state index is 12.9. The summed E-state index contributed by atoms with van der Waals surface area (Å²) in [6.07, 6.45) is 7.31. The van der Waals surface area contributed by atoms with Crippen LogP contribution >= 0.6 is 0 Å². The number of rotatable bonds is 16. The minimum absolute atomic E-state index is 0.0177. The number of hydrogen-bond donors (Lipinski definition) is 0. The van der Waals surface area contributed by atoms with Gasteiger partial charge in [-0.05, 0) is 65.2 Å². The topological polar surface area (TPSA) is 116 Å². The Kier molecular flexibility index (Phi) is 9.74. The van der Waals surface area contributed by atoms with Gasteiger partial charge in [-0.2, -0.15) is 0 Å². The molecule has 3 aliphatic heterocycles. The van der Waals surface area contributed by atoms with Crippen molar-refractivity contribution >= 4 is 17.9 Å². The first kappa shape index (κ1) is 29.3. The fourth-order valence-corrected chi connectivity index (χ4v) is 5.25. The SMILES string of the molecule is CCC(COC(=O)C(C)CCC1OC1C)(COC(=O)C(C)CCC1OC1C)COC(=O)C1CCC2OC2C1. The van der Waals surface area contributed by atoms with Gasteiger partial charge in [-0.25, -0.2) is 0 Å². The summed E-state index contributed by atoms with van der Waals surface area (Å²) >= 11 is 0. The van der Waals surface area contributed by atoms with Crippen molar-refractivity contribution in [1.29, 1.82) is 0 Å². The lowest BCUT2D eigenvalue weighted by molar-refractivity contribution is -0.167.